The summed E-state index contributed by atoms with van der Waals surface area (Å²) in [5.41, 5.74) is 0. The Labute approximate surface area is 158 Å². The van der Waals surface area contributed by atoms with E-state index in [1.54, 1.807) is 13.8 Å². The second-order valence-corrected chi connectivity index (χ2v) is 10.1. The molecule has 0 bridgehead atoms. The van der Waals surface area contributed by atoms with Crippen LogP contribution in [0, 0.1) is 0 Å². The summed E-state index contributed by atoms with van der Waals surface area (Å²) in [5.74, 6) is 0. The van der Waals surface area contributed by atoms with Crippen molar-refractivity contribution in [2.45, 2.75) is 122 Å². The second-order valence-electron chi connectivity index (χ2n) is 7.73. The van der Waals surface area contributed by atoms with Gasteiger partial charge in [-0.2, -0.15) is 8.42 Å². The van der Waals surface area contributed by atoms with Gasteiger partial charge in [0.1, 0.15) is 0 Å². The molecule has 0 atom stereocenters. The van der Waals surface area contributed by atoms with E-state index in [4.69, 9.17) is 0 Å². The van der Waals surface area contributed by atoms with E-state index in [0.29, 0.717) is 6.42 Å². The standard InChI is InChI=1S/C20H42O3S.H3N/c1-5-6-7-8-9-10-11-12-13-14-15-16-17-18-19-20(2,3)24(21,22)23-4;/h5-19H2,1-4H3;1H3. The van der Waals surface area contributed by atoms with Crippen LogP contribution in [-0.4, -0.2) is 20.3 Å². The van der Waals surface area contributed by atoms with Gasteiger partial charge < -0.3 is 6.15 Å². The summed E-state index contributed by atoms with van der Waals surface area (Å²) >= 11 is 0. The predicted octanol–water partition coefficient (Wildman–Crippen LogP) is 6.77. The van der Waals surface area contributed by atoms with Crippen LogP contribution in [0.1, 0.15) is 117 Å². The SMILES string of the molecule is CCCCCCCCCCCCCCCCC(C)(C)S(=O)(=O)OC.N. The largest absolute Gasteiger partial charge is 0.344 e. The fourth-order valence-corrected chi connectivity index (χ4v) is 3.94. The Balaban J connectivity index is 0. The van der Waals surface area contributed by atoms with E-state index in [1.807, 2.05) is 0 Å². The van der Waals surface area contributed by atoms with Crippen LogP contribution in [-0.2, 0) is 14.3 Å². The summed E-state index contributed by atoms with van der Waals surface area (Å²) in [4.78, 5) is 0. The summed E-state index contributed by atoms with van der Waals surface area (Å²) in [5, 5.41) is 0. The molecular weight excluding hydrogens is 334 g/mol. The molecular formula is C20H45NO3S. The molecule has 5 heteroatoms. The molecule has 0 rings (SSSR count). The number of unbranched alkanes of at least 4 members (excludes halogenated alkanes) is 13. The van der Waals surface area contributed by atoms with E-state index in [1.165, 1.54) is 84.2 Å². The Morgan fingerprint density at radius 3 is 1.32 bits per heavy atom. The van der Waals surface area contributed by atoms with Crippen LogP contribution in [0.15, 0.2) is 0 Å². The third-order valence-electron chi connectivity index (χ3n) is 5.03. The topological polar surface area (TPSA) is 78.4 Å². The molecule has 0 amide bonds. The maximum Gasteiger partial charge on any atom is 0.272 e. The predicted molar refractivity (Wildman–Crippen MR) is 110 cm³/mol. The molecule has 0 fully saturated rings. The lowest BCUT2D eigenvalue weighted by atomic mass is 10.0. The van der Waals surface area contributed by atoms with Crippen molar-refractivity contribution in [3.05, 3.63) is 0 Å². The first-order chi connectivity index (χ1) is 11.4. The molecule has 0 spiro atoms. The van der Waals surface area contributed by atoms with Crippen LogP contribution in [0.2, 0.25) is 0 Å². The Hall–Kier alpha value is -0.130. The minimum Gasteiger partial charge on any atom is -0.344 e. The summed E-state index contributed by atoms with van der Waals surface area (Å²) in [7, 11) is -2.16. The third-order valence-corrected chi connectivity index (χ3v) is 7.03. The molecule has 0 aliphatic carbocycles. The second kappa shape index (κ2) is 16.1. The van der Waals surface area contributed by atoms with E-state index < -0.39 is 14.9 Å². The van der Waals surface area contributed by atoms with Crippen molar-refractivity contribution in [1.82, 2.24) is 6.15 Å². The van der Waals surface area contributed by atoms with E-state index in [-0.39, 0.29) is 6.15 Å². The van der Waals surface area contributed by atoms with Crippen molar-refractivity contribution < 1.29 is 12.6 Å². The highest BCUT2D eigenvalue weighted by Crippen LogP contribution is 2.25. The minimum absolute atomic E-state index is 0. The highest BCUT2D eigenvalue weighted by atomic mass is 32.2. The quantitative estimate of drug-likeness (QED) is 0.223. The number of rotatable bonds is 17. The third kappa shape index (κ3) is 13.7. The van der Waals surface area contributed by atoms with Gasteiger partial charge in [0.25, 0.3) is 10.1 Å². The average Bonchev–Trinajstić information content (AvgIpc) is 2.55. The Morgan fingerprint density at radius 1 is 0.680 bits per heavy atom. The highest BCUT2D eigenvalue weighted by Gasteiger charge is 2.33. The smallest absolute Gasteiger partial charge is 0.272 e. The van der Waals surface area contributed by atoms with Gasteiger partial charge in [-0.25, -0.2) is 0 Å². The maximum absolute atomic E-state index is 11.8. The zero-order chi connectivity index (χ0) is 18.3. The van der Waals surface area contributed by atoms with Crippen molar-refractivity contribution in [2.24, 2.45) is 0 Å². The van der Waals surface area contributed by atoms with Crippen molar-refractivity contribution in [3.8, 4) is 0 Å². The lowest BCUT2D eigenvalue weighted by Gasteiger charge is -2.22. The summed E-state index contributed by atoms with van der Waals surface area (Å²) < 4.78 is 27.4. The first kappa shape index (κ1) is 27.1. The molecule has 154 valence electrons. The van der Waals surface area contributed by atoms with Gasteiger partial charge in [-0.3, -0.25) is 4.18 Å². The van der Waals surface area contributed by atoms with Gasteiger partial charge in [-0.15, -0.1) is 0 Å². The maximum atomic E-state index is 11.8. The number of hydrogen-bond donors (Lipinski definition) is 1. The monoisotopic (exact) mass is 379 g/mol. The van der Waals surface area contributed by atoms with Crippen LogP contribution in [0.3, 0.4) is 0 Å². The van der Waals surface area contributed by atoms with Crippen molar-refractivity contribution in [2.75, 3.05) is 7.11 Å². The molecule has 0 saturated carbocycles. The van der Waals surface area contributed by atoms with Crippen LogP contribution < -0.4 is 6.15 Å². The van der Waals surface area contributed by atoms with Crippen LogP contribution in [0.25, 0.3) is 0 Å². The molecule has 0 heterocycles. The van der Waals surface area contributed by atoms with Gasteiger partial charge in [-0.1, -0.05) is 96.8 Å². The van der Waals surface area contributed by atoms with E-state index in [2.05, 4.69) is 11.1 Å². The Morgan fingerprint density at radius 2 is 1.00 bits per heavy atom. The Kier molecular flexibility index (Phi) is 17.4. The van der Waals surface area contributed by atoms with Gasteiger partial charge in [-0.05, 0) is 20.3 Å². The van der Waals surface area contributed by atoms with Crippen LogP contribution in [0.4, 0.5) is 0 Å². The lowest BCUT2D eigenvalue weighted by molar-refractivity contribution is 0.362. The van der Waals surface area contributed by atoms with Crippen molar-refractivity contribution in [1.29, 1.82) is 0 Å². The molecule has 3 N–H and O–H groups in total. The highest BCUT2D eigenvalue weighted by molar-refractivity contribution is 7.88. The molecule has 0 unspecified atom stereocenters. The molecule has 0 aromatic rings. The zero-order valence-corrected chi connectivity index (χ0v) is 18.3. The van der Waals surface area contributed by atoms with Gasteiger partial charge in [0.2, 0.25) is 0 Å². The lowest BCUT2D eigenvalue weighted by Crippen LogP contribution is -2.32. The first-order valence-electron chi connectivity index (χ1n) is 10.2. The van der Waals surface area contributed by atoms with Gasteiger partial charge in [0.15, 0.2) is 0 Å². The summed E-state index contributed by atoms with van der Waals surface area (Å²) in [6.07, 6.45) is 19.1. The fraction of sp³-hybridized carbons (Fsp3) is 1.00. The van der Waals surface area contributed by atoms with Crippen molar-refractivity contribution >= 4 is 10.1 Å². The van der Waals surface area contributed by atoms with Gasteiger partial charge in [0.05, 0.1) is 11.9 Å². The molecule has 0 saturated heterocycles. The van der Waals surface area contributed by atoms with Crippen molar-refractivity contribution in [3.63, 3.8) is 0 Å². The van der Waals surface area contributed by atoms with E-state index in [9.17, 15) is 8.42 Å². The summed E-state index contributed by atoms with van der Waals surface area (Å²) in [6, 6.07) is 0. The van der Waals surface area contributed by atoms with Gasteiger partial charge in [0, 0.05) is 0 Å². The average molecular weight is 380 g/mol. The van der Waals surface area contributed by atoms with Gasteiger partial charge >= 0.3 is 0 Å². The summed E-state index contributed by atoms with van der Waals surface area (Å²) in [6.45, 7) is 5.78. The Bertz CT molecular complexity index is 380. The molecule has 25 heavy (non-hydrogen) atoms. The first-order valence-corrected chi connectivity index (χ1v) is 11.6. The van der Waals surface area contributed by atoms with Crippen LogP contribution in [0.5, 0.6) is 0 Å². The van der Waals surface area contributed by atoms with Crippen LogP contribution >= 0.6 is 0 Å². The molecule has 0 radical (unpaired) electrons. The van der Waals surface area contributed by atoms with E-state index in [0.717, 1.165) is 12.8 Å². The normalized spacial score (nSPS) is 12.2. The number of hydrogen-bond acceptors (Lipinski definition) is 4. The fourth-order valence-electron chi connectivity index (χ4n) is 3.10. The molecule has 0 aliphatic rings. The molecule has 0 aromatic heterocycles. The van der Waals surface area contributed by atoms with E-state index >= 15 is 0 Å². The zero-order valence-electron chi connectivity index (χ0n) is 17.4. The molecule has 0 aromatic carbocycles. The minimum atomic E-state index is -3.42. The molecule has 0 aliphatic heterocycles. The molecule has 4 nitrogen and oxygen atoms in total.